The summed E-state index contributed by atoms with van der Waals surface area (Å²) in [5, 5.41) is 1.42. The van der Waals surface area contributed by atoms with Gasteiger partial charge in [0, 0.05) is 36.2 Å². The maximum atomic E-state index is 13.8. The third kappa shape index (κ3) is 4.21. The van der Waals surface area contributed by atoms with E-state index < -0.39 is 10.8 Å². The zero-order chi connectivity index (χ0) is 24.8. The van der Waals surface area contributed by atoms with Crippen LogP contribution < -0.4 is 0 Å². The summed E-state index contributed by atoms with van der Waals surface area (Å²) in [6, 6.07) is 9.53. The van der Waals surface area contributed by atoms with Gasteiger partial charge in [-0.2, -0.15) is 0 Å². The van der Waals surface area contributed by atoms with Crippen molar-refractivity contribution in [2.75, 3.05) is 26.2 Å². The Morgan fingerprint density at radius 1 is 0.735 bits per heavy atom. The SMILES string of the molecule is CCC12CN(C(=O)c3ccc(Cl)cc3Cl)CC(CC)(CN(C(=O)c3ccc(Cl)cc3Cl)C1)C2=O. The van der Waals surface area contributed by atoms with Crippen LogP contribution in [-0.2, 0) is 4.79 Å². The number of ketones is 1. The normalized spacial score (nSPS) is 24.4. The molecule has 2 aromatic carbocycles. The number of fused-ring (bicyclic) bond motifs is 2. The monoisotopic (exact) mass is 540 g/mol. The van der Waals surface area contributed by atoms with Crippen molar-refractivity contribution < 1.29 is 14.4 Å². The van der Waals surface area contributed by atoms with Gasteiger partial charge in [-0.15, -0.1) is 0 Å². The van der Waals surface area contributed by atoms with Crippen LogP contribution in [-0.4, -0.2) is 53.6 Å². The standard InChI is InChI=1S/C25H24Cl4N2O3/c1-3-24-11-30(21(32)17-7-5-15(26)9-19(17)28)13-25(4-2,23(24)34)14-31(12-24)22(33)18-8-6-16(27)10-20(18)29/h5-10H,3-4,11-14H2,1-2H3. The van der Waals surface area contributed by atoms with Crippen LogP contribution in [0.4, 0.5) is 0 Å². The summed E-state index contributed by atoms with van der Waals surface area (Å²) in [7, 11) is 0. The molecule has 0 atom stereocenters. The Morgan fingerprint density at radius 2 is 1.09 bits per heavy atom. The topological polar surface area (TPSA) is 57.7 Å². The van der Waals surface area contributed by atoms with Crippen LogP contribution in [0.3, 0.4) is 0 Å². The first-order chi connectivity index (χ1) is 16.1. The molecule has 34 heavy (non-hydrogen) atoms. The lowest BCUT2D eigenvalue weighted by Crippen LogP contribution is -2.71. The lowest BCUT2D eigenvalue weighted by molar-refractivity contribution is -0.157. The largest absolute Gasteiger partial charge is 0.336 e. The van der Waals surface area contributed by atoms with Gasteiger partial charge in [-0.05, 0) is 49.2 Å². The lowest BCUT2D eigenvalue weighted by atomic mass is 9.60. The van der Waals surface area contributed by atoms with Crippen molar-refractivity contribution in [2.45, 2.75) is 26.7 Å². The van der Waals surface area contributed by atoms with E-state index in [1.807, 2.05) is 13.8 Å². The van der Waals surface area contributed by atoms with Crippen LogP contribution in [0.15, 0.2) is 36.4 Å². The van der Waals surface area contributed by atoms with Crippen LogP contribution >= 0.6 is 46.4 Å². The number of likely N-dealkylation sites (tertiary alicyclic amines) is 2. The number of carbonyl (C=O) groups excluding carboxylic acids is 3. The van der Waals surface area contributed by atoms with Crippen LogP contribution in [0.5, 0.6) is 0 Å². The Kier molecular flexibility index (Phi) is 6.96. The van der Waals surface area contributed by atoms with Gasteiger partial charge in [0.15, 0.2) is 5.78 Å². The van der Waals surface area contributed by atoms with E-state index in [1.54, 1.807) is 34.1 Å². The fourth-order valence-corrected chi connectivity index (χ4v) is 6.22. The molecule has 2 fully saturated rings. The molecule has 0 saturated carbocycles. The van der Waals surface area contributed by atoms with Gasteiger partial charge < -0.3 is 9.80 Å². The highest BCUT2D eigenvalue weighted by atomic mass is 35.5. The van der Waals surface area contributed by atoms with Crippen molar-refractivity contribution in [1.29, 1.82) is 0 Å². The average molecular weight is 542 g/mol. The molecule has 0 N–H and O–H groups in total. The van der Waals surface area contributed by atoms with E-state index in [-0.39, 0.29) is 53.8 Å². The fourth-order valence-electron chi connectivity index (χ4n) is 5.24. The number of hydrogen-bond acceptors (Lipinski definition) is 3. The molecule has 0 unspecified atom stereocenters. The summed E-state index contributed by atoms with van der Waals surface area (Å²) >= 11 is 24.6. The number of halogens is 4. The van der Waals surface area contributed by atoms with Gasteiger partial charge in [0.1, 0.15) is 0 Å². The summed E-state index contributed by atoms with van der Waals surface area (Å²) in [5.74, 6) is -0.377. The van der Waals surface area contributed by atoms with E-state index in [9.17, 15) is 14.4 Å². The molecule has 9 heteroatoms. The average Bonchev–Trinajstić information content (AvgIpc) is 2.78. The number of nitrogens with zero attached hydrogens (tertiary/aromatic N) is 2. The maximum absolute atomic E-state index is 13.8. The second kappa shape index (κ2) is 9.34. The lowest BCUT2D eigenvalue weighted by Gasteiger charge is -2.57. The first-order valence-corrected chi connectivity index (χ1v) is 12.6. The van der Waals surface area contributed by atoms with Crippen molar-refractivity contribution in [2.24, 2.45) is 10.8 Å². The minimum atomic E-state index is -0.879. The molecular weight excluding hydrogens is 518 g/mol. The summed E-state index contributed by atoms with van der Waals surface area (Å²) < 4.78 is 0. The molecule has 2 heterocycles. The van der Waals surface area contributed by atoms with Gasteiger partial charge in [-0.25, -0.2) is 0 Å². The van der Waals surface area contributed by atoms with Gasteiger partial charge in [0.25, 0.3) is 11.8 Å². The highest BCUT2D eigenvalue weighted by Gasteiger charge is 2.60. The van der Waals surface area contributed by atoms with Crippen molar-refractivity contribution in [3.63, 3.8) is 0 Å². The second-order valence-corrected chi connectivity index (χ2v) is 10.9. The highest BCUT2D eigenvalue weighted by molar-refractivity contribution is 6.37. The Morgan fingerprint density at radius 3 is 1.38 bits per heavy atom. The number of carbonyl (C=O) groups is 3. The zero-order valence-corrected chi connectivity index (χ0v) is 21.9. The predicted octanol–water partition coefficient (Wildman–Crippen LogP) is 6.27. The zero-order valence-electron chi connectivity index (χ0n) is 18.8. The Bertz CT molecular complexity index is 1080. The molecule has 2 aliphatic heterocycles. The van der Waals surface area contributed by atoms with Crippen LogP contribution in [0.2, 0.25) is 20.1 Å². The van der Waals surface area contributed by atoms with Gasteiger partial charge in [0.05, 0.1) is 32.0 Å². The first kappa shape index (κ1) is 25.3. The number of hydrogen-bond donors (Lipinski definition) is 0. The molecule has 2 amide bonds. The third-order valence-electron chi connectivity index (χ3n) is 7.19. The number of benzene rings is 2. The molecule has 2 bridgehead atoms. The van der Waals surface area contributed by atoms with E-state index in [4.69, 9.17) is 46.4 Å². The Hall–Kier alpha value is -1.79. The van der Waals surface area contributed by atoms with Crippen molar-refractivity contribution >= 4 is 64.0 Å². The van der Waals surface area contributed by atoms with Crippen molar-refractivity contribution in [3.05, 3.63) is 67.6 Å². The summed E-state index contributed by atoms with van der Waals surface area (Å²) in [4.78, 5) is 44.2. The number of amides is 2. The summed E-state index contributed by atoms with van der Waals surface area (Å²) in [6.07, 6.45) is 0.980. The summed E-state index contributed by atoms with van der Waals surface area (Å²) in [6.45, 7) is 4.68. The Labute approximate surface area is 218 Å². The predicted molar refractivity (Wildman–Crippen MR) is 135 cm³/mol. The van der Waals surface area contributed by atoms with Gasteiger partial charge in [0.2, 0.25) is 0 Å². The molecule has 0 radical (unpaired) electrons. The highest BCUT2D eigenvalue weighted by Crippen LogP contribution is 2.47. The molecule has 2 aromatic rings. The first-order valence-electron chi connectivity index (χ1n) is 11.1. The quantitative estimate of drug-likeness (QED) is 0.458. The molecule has 2 saturated heterocycles. The second-order valence-electron chi connectivity index (χ2n) is 9.17. The van der Waals surface area contributed by atoms with Gasteiger partial charge in [-0.3, -0.25) is 14.4 Å². The fraction of sp³-hybridized carbons (Fsp3) is 0.400. The minimum absolute atomic E-state index is 0.113. The smallest absolute Gasteiger partial charge is 0.255 e. The van der Waals surface area contributed by atoms with Crippen molar-refractivity contribution in [3.8, 4) is 0 Å². The van der Waals surface area contributed by atoms with Crippen LogP contribution in [0.25, 0.3) is 0 Å². The number of rotatable bonds is 4. The molecule has 0 spiro atoms. The number of Topliss-reactive ketones (excluding diaryl/α,β-unsaturated/α-hetero) is 1. The van der Waals surface area contributed by atoms with E-state index >= 15 is 0 Å². The molecule has 0 aromatic heterocycles. The van der Waals surface area contributed by atoms with Gasteiger partial charge in [-0.1, -0.05) is 60.3 Å². The van der Waals surface area contributed by atoms with E-state index in [0.717, 1.165) is 0 Å². The minimum Gasteiger partial charge on any atom is -0.336 e. The van der Waals surface area contributed by atoms with E-state index in [2.05, 4.69) is 0 Å². The van der Waals surface area contributed by atoms with E-state index in [1.165, 1.54) is 12.1 Å². The van der Waals surface area contributed by atoms with Crippen molar-refractivity contribution in [1.82, 2.24) is 9.80 Å². The van der Waals surface area contributed by atoms with E-state index in [0.29, 0.717) is 34.0 Å². The van der Waals surface area contributed by atoms with Gasteiger partial charge >= 0.3 is 0 Å². The molecule has 5 nitrogen and oxygen atoms in total. The molecule has 180 valence electrons. The Balaban J connectivity index is 1.70. The van der Waals surface area contributed by atoms with Crippen LogP contribution in [0.1, 0.15) is 47.4 Å². The summed E-state index contributed by atoms with van der Waals surface area (Å²) in [5.41, 5.74) is -1.07. The molecular formula is C25H24Cl4N2O3. The maximum Gasteiger partial charge on any atom is 0.255 e. The van der Waals surface area contributed by atoms with Crippen LogP contribution in [0, 0.1) is 10.8 Å². The molecule has 0 aliphatic carbocycles. The number of piperidine rings is 2. The molecule has 2 aliphatic rings. The third-order valence-corrected chi connectivity index (χ3v) is 8.28. The molecule has 4 rings (SSSR count).